The first kappa shape index (κ1) is 15.7. The molecule has 0 bridgehead atoms. The molecule has 4 nitrogen and oxygen atoms in total. The summed E-state index contributed by atoms with van der Waals surface area (Å²) in [6.07, 6.45) is 7.69. The van der Waals surface area contributed by atoms with E-state index in [-0.39, 0.29) is 12.1 Å². The largest absolute Gasteiger partial charge is 0.376 e. The number of ether oxygens (including phenoxy) is 1. The van der Waals surface area contributed by atoms with Gasteiger partial charge >= 0.3 is 6.03 Å². The van der Waals surface area contributed by atoms with Crippen molar-refractivity contribution in [1.82, 2.24) is 5.32 Å². The zero-order valence-electron chi connectivity index (χ0n) is 12.8. The van der Waals surface area contributed by atoms with E-state index in [0.29, 0.717) is 6.54 Å². The highest BCUT2D eigenvalue weighted by molar-refractivity contribution is 8.00. The Bertz CT molecular complexity index is 480. The highest BCUT2D eigenvalue weighted by Crippen LogP contribution is 2.34. The predicted octanol–water partition coefficient (Wildman–Crippen LogP) is 4.02. The fourth-order valence-electron chi connectivity index (χ4n) is 3.00. The second kappa shape index (κ2) is 7.88. The van der Waals surface area contributed by atoms with E-state index in [4.69, 9.17) is 4.74 Å². The van der Waals surface area contributed by atoms with Crippen LogP contribution in [0.15, 0.2) is 29.2 Å². The topological polar surface area (TPSA) is 50.4 Å². The summed E-state index contributed by atoms with van der Waals surface area (Å²) in [7, 11) is 0. The molecule has 2 fully saturated rings. The highest BCUT2D eigenvalue weighted by atomic mass is 32.2. The van der Waals surface area contributed by atoms with Gasteiger partial charge in [-0.1, -0.05) is 12.8 Å². The number of nitrogens with one attached hydrogen (secondary N) is 2. The molecule has 1 aromatic carbocycles. The fraction of sp³-hybridized carbons (Fsp3) is 0.588. The van der Waals surface area contributed by atoms with E-state index in [1.54, 1.807) is 0 Å². The molecular weight excluding hydrogens is 296 g/mol. The van der Waals surface area contributed by atoms with Crippen molar-refractivity contribution in [3.05, 3.63) is 24.3 Å². The molecule has 0 spiro atoms. The van der Waals surface area contributed by atoms with Crippen molar-refractivity contribution in [2.45, 2.75) is 54.8 Å². The summed E-state index contributed by atoms with van der Waals surface area (Å²) in [5, 5.41) is 6.51. The summed E-state index contributed by atoms with van der Waals surface area (Å²) in [4.78, 5) is 13.1. The van der Waals surface area contributed by atoms with Crippen molar-refractivity contribution in [3.8, 4) is 0 Å². The van der Waals surface area contributed by atoms with Gasteiger partial charge in [-0.25, -0.2) is 4.79 Å². The Morgan fingerprint density at radius 3 is 2.59 bits per heavy atom. The molecule has 120 valence electrons. The molecule has 2 N–H and O–H groups in total. The summed E-state index contributed by atoms with van der Waals surface area (Å²) in [5.74, 6) is 0. The van der Waals surface area contributed by atoms with Gasteiger partial charge in [0.05, 0.1) is 6.10 Å². The minimum atomic E-state index is -0.160. The Morgan fingerprint density at radius 2 is 1.91 bits per heavy atom. The Kier molecular flexibility index (Phi) is 5.62. The van der Waals surface area contributed by atoms with Crippen LogP contribution in [-0.4, -0.2) is 30.5 Å². The zero-order chi connectivity index (χ0) is 15.2. The standard InChI is InChI=1S/C17H24N2O2S/c20-17(18-12-14-4-3-11-21-14)19-13-7-9-16(10-8-13)22-15-5-1-2-6-15/h7-10,14-15H,1-6,11-12H2,(H2,18,19,20). The van der Waals surface area contributed by atoms with Crippen molar-refractivity contribution in [3.63, 3.8) is 0 Å². The van der Waals surface area contributed by atoms with Crippen molar-refractivity contribution in [1.29, 1.82) is 0 Å². The molecule has 1 aromatic rings. The third-order valence-electron chi connectivity index (χ3n) is 4.23. The van der Waals surface area contributed by atoms with Crippen LogP contribution in [0.2, 0.25) is 0 Å². The number of rotatable bonds is 5. The molecular formula is C17H24N2O2S. The molecule has 1 aliphatic heterocycles. The zero-order valence-corrected chi connectivity index (χ0v) is 13.7. The van der Waals surface area contributed by atoms with Gasteiger partial charge in [-0.05, 0) is 49.9 Å². The molecule has 22 heavy (non-hydrogen) atoms. The summed E-state index contributed by atoms with van der Waals surface area (Å²) in [6.45, 7) is 1.40. The Morgan fingerprint density at radius 1 is 1.14 bits per heavy atom. The van der Waals surface area contributed by atoms with Crippen molar-refractivity contribution in [2.24, 2.45) is 0 Å². The molecule has 2 amide bonds. The van der Waals surface area contributed by atoms with E-state index < -0.39 is 0 Å². The Hall–Kier alpha value is -1.20. The maximum absolute atomic E-state index is 11.8. The molecule has 3 rings (SSSR count). The SMILES string of the molecule is O=C(NCC1CCCO1)Nc1ccc(SC2CCCC2)cc1. The van der Waals surface area contributed by atoms with Crippen LogP contribution in [0.3, 0.4) is 0 Å². The number of benzene rings is 1. The Balaban J connectivity index is 1.42. The number of anilines is 1. The van der Waals surface area contributed by atoms with Gasteiger partial charge < -0.3 is 15.4 Å². The smallest absolute Gasteiger partial charge is 0.319 e. The Labute approximate surface area is 136 Å². The second-order valence-electron chi connectivity index (χ2n) is 6.02. The lowest BCUT2D eigenvalue weighted by Crippen LogP contribution is -2.34. The first-order chi connectivity index (χ1) is 10.8. The molecule has 1 saturated heterocycles. The number of thioether (sulfide) groups is 1. The lowest BCUT2D eigenvalue weighted by Gasteiger charge is -2.12. The van der Waals surface area contributed by atoms with Gasteiger partial charge in [0, 0.05) is 29.0 Å². The number of amides is 2. The third-order valence-corrected chi connectivity index (χ3v) is 5.58. The molecule has 1 aliphatic carbocycles. The lowest BCUT2D eigenvalue weighted by atomic mass is 10.2. The molecule has 1 atom stereocenters. The number of carbonyl (C=O) groups is 1. The van der Waals surface area contributed by atoms with E-state index in [1.165, 1.54) is 30.6 Å². The molecule has 1 saturated carbocycles. The van der Waals surface area contributed by atoms with Gasteiger partial charge in [0.15, 0.2) is 0 Å². The summed E-state index contributed by atoms with van der Waals surface area (Å²) >= 11 is 1.96. The van der Waals surface area contributed by atoms with E-state index in [1.807, 2.05) is 23.9 Å². The number of carbonyl (C=O) groups excluding carboxylic acids is 1. The van der Waals surface area contributed by atoms with E-state index in [0.717, 1.165) is 30.4 Å². The summed E-state index contributed by atoms with van der Waals surface area (Å²) in [5.41, 5.74) is 0.834. The fourth-order valence-corrected chi connectivity index (χ4v) is 4.25. The second-order valence-corrected chi connectivity index (χ2v) is 7.39. The van der Waals surface area contributed by atoms with Crippen LogP contribution in [0.1, 0.15) is 38.5 Å². The van der Waals surface area contributed by atoms with Gasteiger partial charge in [0.25, 0.3) is 0 Å². The highest BCUT2D eigenvalue weighted by Gasteiger charge is 2.17. The molecule has 5 heteroatoms. The van der Waals surface area contributed by atoms with E-state index >= 15 is 0 Å². The average molecular weight is 320 g/mol. The van der Waals surface area contributed by atoms with Gasteiger partial charge in [-0.3, -0.25) is 0 Å². The van der Waals surface area contributed by atoms with E-state index in [2.05, 4.69) is 22.8 Å². The maximum Gasteiger partial charge on any atom is 0.319 e. The first-order valence-electron chi connectivity index (χ1n) is 8.23. The van der Waals surface area contributed by atoms with Crippen LogP contribution in [0.25, 0.3) is 0 Å². The summed E-state index contributed by atoms with van der Waals surface area (Å²) in [6, 6.07) is 7.98. The number of urea groups is 1. The van der Waals surface area contributed by atoms with Crippen molar-refractivity contribution >= 4 is 23.5 Å². The van der Waals surface area contributed by atoms with Crippen molar-refractivity contribution in [2.75, 3.05) is 18.5 Å². The quantitative estimate of drug-likeness (QED) is 0.861. The normalized spacial score (nSPS) is 21.9. The van der Waals surface area contributed by atoms with Crippen LogP contribution >= 0.6 is 11.8 Å². The van der Waals surface area contributed by atoms with Gasteiger partial charge in [-0.15, -0.1) is 11.8 Å². The van der Waals surface area contributed by atoms with E-state index in [9.17, 15) is 4.79 Å². The van der Waals surface area contributed by atoms with Gasteiger partial charge in [0.1, 0.15) is 0 Å². The van der Waals surface area contributed by atoms with Crippen LogP contribution in [0.4, 0.5) is 10.5 Å². The third kappa shape index (κ3) is 4.65. The first-order valence-corrected chi connectivity index (χ1v) is 9.11. The minimum Gasteiger partial charge on any atom is -0.376 e. The predicted molar refractivity (Wildman–Crippen MR) is 90.6 cm³/mol. The monoisotopic (exact) mass is 320 g/mol. The average Bonchev–Trinajstić information content (AvgIpc) is 3.20. The number of hydrogen-bond donors (Lipinski definition) is 2. The van der Waals surface area contributed by atoms with Crippen LogP contribution in [0, 0.1) is 0 Å². The van der Waals surface area contributed by atoms with Crippen LogP contribution in [0.5, 0.6) is 0 Å². The number of hydrogen-bond acceptors (Lipinski definition) is 3. The van der Waals surface area contributed by atoms with Crippen LogP contribution in [-0.2, 0) is 4.74 Å². The maximum atomic E-state index is 11.8. The van der Waals surface area contributed by atoms with Gasteiger partial charge in [0.2, 0.25) is 0 Å². The lowest BCUT2D eigenvalue weighted by molar-refractivity contribution is 0.112. The molecule has 0 aromatic heterocycles. The molecule has 1 heterocycles. The van der Waals surface area contributed by atoms with Crippen LogP contribution < -0.4 is 10.6 Å². The molecule has 2 aliphatic rings. The molecule has 0 radical (unpaired) electrons. The summed E-state index contributed by atoms with van der Waals surface area (Å²) < 4.78 is 5.49. The molecule has 1 unspecified atom stereocenters. The van der Waals surface area contributed by atoms with Gasteiger partial charge in [-0.2, -0.15) is 0 Å². The van der Waals surface area contributed by atoms with Crippen molar-refractivity contribution < 1.29 is 9.53 Å². The minimum absolute atomic E-state index is 0.160.